The Balaban J connectivity index is 1.98. The van der Waals surface area contributed by atoms with Crippen molar-refractivity contribution < 1.29 is 4.74 Å². The van der Waals surface area contributed by atoms with Crippen molar-refractivity contribution in [2.75, 3.05) is 13.1 Å². The summed E-state index contributed by atoms with van der Waals surface area (Å²) in [4.78, 5) is 4.33. The standard InChI is InChI=1S/C12H16N2O/c1-9-3-2-4-10(5-9)6-12-14-8-11(7-13)15-12/h2-5,11H,6-8,13H2,1H3. The van der Waals surface area contributed by atoms with Gasteiger partial charge in [0.05, 0.1) is 6.54 Å². The van der Waals surface area contributed by atoms with E-state index in [1.165, 1.54) is 11.1 Å². The summed E-state index contributed by atoms with van der Waals surface area (Å²) in [5.41, 5.74) is 8.02. The van der Waals surface area contributed by atoms with Crippen molar-refractivity contribution in [2.24, 2.45) is 10.7 Å². The predicted molar refractivity (Wildman–Crippen MR) is 61.1 cm³/mol. The van der Waals surface area contributed by atoms with E-state index in [-0.39, 0.29) is 6.10 Å². The van der Waals surface area contributed by atoms with Crippen LogP contribution < -0.4 is 5.73 Å². The average Bonchev–Trinajstić information content (AvgIpc) is 2.65. The van der Waals surface area contributed by atoms with Crippen LogP contribution in [0.4, 0.5) is 0 Å². The third-order valence-corrected chi connectivity index (χ3v) is 2.47. The molecule has 1 aromatic carbocycles. The first-order valence-electron chi connectivity index (χ1n) is 5.23. The molecule has 0 aliphatic carbocycles. The van der Waals surface area contributed by atoms with Crippen LogP contribution in [0.3, 0.4) is 0 Å². The summed E-state index contributed by atoms with van der Waals surface area (Å²) >= 11 is 0. The van der Waals surface area contributed by atoms with Gasteiger partial charge in [-0.25, -0.2) is 0 Å². The van der Waals surface area contributed by atoms with E-state index in [2.05, 4.69) is 36.2 Å². The molecular weight excluding hydrogens is 188 g/mol. The molecule has 1 aliphatic heterocycles. The lowest BCUT2D eigenvalue weighted by atomic mass is 10.1. The molecule has 1 heterocycles. The van der Waals surface area contributed by atoms with Crippen molar-refractivity contribution in [3.63, 3.8) is 0 Å². The Morgan fingerprint density at radius 3 is 3.07 bits per heavy atom. The lowest BCUT2D eigenvalue weighted by Gasteiger charge is -2.08. The smallest absolute Gasteiger partial charge is 0.188 e. The van der Waals surface area contributed by atoms with Crippen molar-refractivity contribution in [2.45, 2.75) is 19.4 Å². The number of aliphatic imine (C=N–C) groups is 1. The predicted octanol–water partition coefficient (Wildman–Crippen LogP) is 1.29. The van der Waals surface area contributed by atoms with Gasteiger partial charge in [0, 0.05) is 13.0 Å². The zero-order chi connectivity index (χ0) is 10.7. The lowest BCUT2D eigenvalue weighted by Crippen LogP contribution is -2.24. The highest BCUT2D eigenvalue weighted by atomic mass is 16.5. The number of nitrogens with zero attached hydrogens (tertiary/aromatic N) is 1. The van der Waals surface area contributed by atoms with Gasteiger partial charge in [-0.2, -0.15) is 0 Å². The highest BCUT2D eigenvalue weighted by molar-refractivity contribution is 5.80. The molecule has 1 atom stereocenters. The van der Waals surface area contributed by atoms with Crippen molar-refractivity contribution in [3.05, 3.63) is 35.4 Å². The number of rotatable bonds is 3. The molecule has 1 unspecified atom stereocenters. The topological polar surface area (TPSA) is 47.6 Å². The SMILES string of the molecule is Cc1cccc(CC2=NCC(CN)O2)c1. The van der Waals surface area contributed by atoms with Crippen LogP contribution in [-0.4, -0.2) is 25.1 Å². The van der Waals surface area contributed by atoms with Gasteiger partial charge >= 0.3 is 0 Å². The summed E-state index contributed by atoms with van der Waals surface area (Å²) in [5, 5.41) is 0. The number of hydrogen-bond acceptors (Lipinski definition) is 3. The van der Waals surface area contributed by atoms with Gasteiger partial charge in [-0.05, 0) is 12.5 Å². The molecule has 0 fully saturated rings. The van der Waals surface area contributed by atoms with E-state index >= 15 is 0 Å². The molecule has 80 valence electrons. The molecule has 0 saturated heterocycles. The molecule has 3 heteroatoms. The summed E-state index contributed by atoms with van der Waals surface area (Å²) in [7, 11) is 0. The number of ether oxygens (including phenoxy) is 1. The zero-order valence-electron chi connectivity index (χ0n) is 8.94. The van der Waals surface area contributed by atoms with Crippen LogP contribution >= 0.6 is 0 Å². The Hall–Kier alpha value is -1.35. The molecule has 0 radical (unpaired) electrons. The van der Waals surface area contributed by atoms with E-state index < -0.39 is 0 Å². The zero-order valence-corrected chi connectivity index (χ0v) is 8.94. The molecule has 3 nitrogen and oxygen atoms in total. The van der Waals surface area contributed by atoms with Crippen molar-refractivity contribution in [1.29, 1.82) is 0 Å². The van der Waals surface area contributed by atoms with Crippen LogP contribution in [0.15, 0.2) is 29.3 Å². The van der Waals surface area contributed by atoms with Gasteiger partial charge in [0.25, 0.3) is 0 Å². The van der Waals surface area contributed by atoms with Crippen molar-refractivity contribution >= 4 is 5.90 Å². The maximum Gasteiger partial charge on any atom is 0.188 e. The Morgan fingerprint density at radius 2 is 2.40 bits per heavy atom. The normalized spacial score (nSPS) is 19.9. The summed E-state index contributed by atoms with van der Waals surface area (Å²) < 4.78 is 5.58. The minimum absolute atomic E-state index is 0.0878. The summed E-state index contributed by atoms with van der Waals surface area (Å²) in [6.45, 7) is 3.34. The number of hydrogen-bond donors (Lipinski definition) is 1. The fourth-order valence-electron chi connectivity index (χ4n) is 1.69. The van der Waals surface area contributed by atoms with Crippen LogP contribution in [0.25, 0.3) is 0 Å². The largest absolute Gasteiger partial charge is 0.474 e. The van der Waals surface area contributed by atoms with Crippen LogP contribution in [0.5, 0.6) is 0 Å². The minimum atomic E-state index is 0.0878. The quantitative estimate of drug-likeness (QED) is 0.806. The second kappa shape index (κ2) is 4.45. The molecule has 0 saturated carbocycles. The first kappa shape index (κ1) is 10.2. The fourth-order valence-corrected chi connectivity index (χ4v) is 1.69. The first-order valence-corrected chi connectivity index (χ1v) is 5.23. The highest BCUT2D eigenvalue weighted by Crippen LogP contribution is 2.10. The van der Waals surface area contributed by atoms with E-state index in [1.807, 2.05) is 0 Å². The van der Waals surface area contributed by atoms with Crippen LogP contribution in [0.1, 0.15) is 11.1 Å². The first-order chi connectivity index (χ1) is 7.28. The van der Waals surface area contributed by atoms with Crippen LogP contribution in [0.2, 0.25) is 0 Å². The Morgan fingerprint density at radius 1 is 1.53 bits per heavy atom. The average molecular weight is 204 g/mol. The maximum absolute atomic E-state index is 5.58. The van der Waals surface area contributed by atoms with E-state index in [1.54, 1.807) is 0 Å². The minimum Gasteiger partial charge on any atom is -0.474 e. The molecule has 15 heavy (non-hydrogen) atoms. The molecule has 0 bridgehead atoms. The van der Waals surface area contributed by atoms with E-state index in [9.17, 15) is 0 Å². The molecule has 0 spiro atoms. The number of benzene rings is 1. The van der Waals surface area contributed by atoms with Gasteiger partial charge in [0.2, 0.25) is 0 Å². The van der Waals surface area contributed by atoms with E-state index in [0.717, 1.165) is 12.3 Å². The Labute approximate surface area is 90.0 Å². The van der Waals surface area contributed by atoms with Crippen molar-refractivity contribution in [3.8, 4) is 0 Å². The maximum atomic E-state index is 5.58. The summed E-state index contributed by atoms with van der Waals surface area (Å²) in [5.74, 6) is 0.816. The second-order valence-electron chi connectivity index (χ2n) is 3.88. The fraction of sp³-hybridized carbons (Fsp3) is 0.417. The molecule has 1 aliphatic rings. The molecule has 1 aromatic rings. The van der Waals surface area contributed by atoms with Gasteiger partial charge in [-0.15, -0.1) is 0 Å². The summed E-state index contributed by atoms with van der Waals surface area (Å²) in [6, 6.07) is 8.39. The lowest BCUT2D eigenvalue weighted by molar-refractivity contribution is 0.228. The molecule has 2 rings (SSSR count). The number of nitrogens with two attached hydrogens (primary N) is 1. The van der Waals surface area contributed by atoms with Gasteiger partial charge in [-0.1, -0.05) is 29.8 Å². The second-order valence-corrected chi connectivity index (χ2v) is 3.88. The molecule has 2 N–H and O–H groups in total. The molecule has 0 aromatic heterocycles. The van der Waals surface area contributed by atoms with Crippen LogP contribution in [-0.2, 0) is 11.2 Å². The highest BCUT2D eigenvalue weighted by Gasteiger charge is 2.17. The van der Waals surface area contributed by atoms with Gasteiger partial charge in [-0.3, -0.25) is 4.99 Å². The Bertz CT molecular complexity index is 374. The Kier molecular flexibility index (Phi) is 3.02. The number of aryl methyl sites for hydroxylation is 1. The third kappa shape index (κ3) is 2.57. The molecule has 0 amide bonds. The van der Waals surface area contributed by atoms with Gasteiger partial charge in [0.1, 0.15) is 6.10 Å². The molecular formula is C12H16N2O. The van der Waals surface area contributed by atoms with E-state index in [4.69, 9.17) is 10.5 Å². The third-order valence-electron chi connectivity index (χ3n) is 2.47. The monoisotopic (exact) mass is 204 g/mol. The van der Waals surface area contributed by atoms with Crippen LogP contribution in [0, 0.1) is 6.92 Å². The summed E-state index contributed by atoms with van der Waals surface area (Å²) in [6.07, 6.45) is 0.864. The van der Waals surface area contributed by atoms with E-state index in [0.29, 0.717) is 13.1 Å². The van der Waals surface area contributed by atoms with Gasteiger partial charge < -0.3 is 10.5 Å². The van der Waals surface area contributed by atoms with Crippen molar-refractivity contribution in [1.82, 2.24) is 0 Å². The van der Waals surface area contributed by atoms with Gasteiger partial charge in [0.15, 0.2) is 5.90 Å².